The van der Waals surface area contributed by atoms with Crippen molar-refractivity contribution < 1.29 is 0 Å². The van der Waals surface area contributed by atoms with E-state index in [9.17, 15) is 0 Å². The van der Waals surface area contributed by atoms with Crippen molar-refractivity contribution >= 4 is 65.7 Å². The van der Waals surface area contributed by atoms with E-state index in [1.165, 1.54) is 27.2 Å². The lowest BCUT2D eigenvalue weighted by Crippen LogP contribution is -1.99. The Balaban J connectivity index is 1.38. The molecule has 5 aromatic carbocycles. The third kappa shape index (κ3) is 3.32. The van der Waals surface area contributed by atoms with E-state index in [2.05, 4.69) is 147 Å². The van der Waals surface area contributed by atoms with Gasteiger partial charge < -0.3 is 13.7 Å². The first-order valence-electron chi connectivity index (χ1n) is 15.2. The van der Waals surface area contributed by atoms with E-state index < -0.39 is 0 Å². The van der Waals surface area contributed by atoms with Gasteiger partial charge in [-0.15, -0.1) is 0 Å². The molecule has 0 aliphatic carbocycles. The van der Waals surface area contributed by atoms with Gasteiger partial charge in [0.1, 0.15) is 11.0 Å². The summed E-state index contributed by atoms with van der Waals surface area (Å²) >= 11 is 0. The predicted molar refractivity (Wildman–Crippen MR) is 185 cm³/mol. The molecular formula is C40H25N5. The minimum Gasteiger partial charge on any atom is -0.309 e. The second kappa shape index (κ2) is 9.15. The highest BCUT2D eigenvalue weighted by atomic mass is 15.1. The Morgan fingerprint density at radius 2 is 0.933 bits per heavy atom. The van der Waals surface area contributed by atoms with Gasteiger partial charge in [0.2, 0.25) is 0 Å². The van der Waals surface area contributed by atoms with Crippen molar-refractivity contribution in [3.8, 4) is 17.1 Å². The molecule has 0 spiro atoms. The third-order valence-electron chi connectivity index (χ3n) is 9.10. The van der Waals surface area contributed by atoms with E-state index >= 15 is 0 Å². The summed E-state index contributed by atoms with van der Waals surface area (Å²) in [5.41, 5.74) is 11.8. The Morgan fingerprint density at radius 3 is 1.69 bits per heavy atom. The highest BCUT2D eigenvalue weighted by molar-refractivity contribution is 6.21. The van der Waals surface area contributed by atoms with Gasteiger partial charge in [0.15, 0.2) is 0 Å². The molecule has 5 heteroatoms. The van der Waals surface area contributed by atoms with Crippen LogP contribution >= 0.6 is 0 Å². The number of benzene rings is 5. The molecule has 5 nitrogen and oxygen atoms in total. The van der Waals surface area contributed by atoms with Crippen molar-refractivity contribution in [2.24, 2.45) is 0 Å². The van der Waals surface area contributed by atoms with Gasteiger partial charge in [-0.3, -0.25) is 9.97 Å². The van der Waals surface area contributed by atoms with E-state index in [4.69, 9.17) is 9.97 Å². The maximum atomic E-state index is 5.10. The van der Waals surface area contributed by atoms with Gasteiger partial charge in [0.25, 0.3) is 0 Å². The van der Waals surface area contributed by atoms with Gasteiger partial charge in [-0.1, -0.05) is 72.8 Å². The number of fused-ring (bicyclic) bond motifs is 10. The molecule has 0 atom stereocenters. The van der Waals surface area contributed by atoms with Crippen LogP contribution in [0.15, 0.2) is 152 Å². The van der Waals surface area contributed by atoms with E-state index in [0.717, 1.165) is 55.5 Å². The van der Waals surface area contributed by atoms with Crippen molar-refractivity contribution in [3.63, 3.8) is 0 Å². The van der Waals surface area contributed by atoms with Crippen molar-refractivity contribution in [2.75, 3.05) is 0 Å². The average molecular weight is 576 g/mol. The lowest BCUT2D eigenvalue weighted by molar-refractivity contribution is 1.14. The number of aromatic nitrogens is 5. The summed E-state index contributed by atoms with van der Waals surface area (Å²) in [5.74, 6) is 0. The minimum absolute atomic E-state index is 0.893. The first-order chi connectivity index (χ1) is 22.4. The van der Waals surface area contributed by atoms with Crippen LogP contribution in [0, 0.1) is 0 Å². The predicted octanol–water partition coefficient (Wildman–Crippen LogP) is 9.77. The fourth-order valence-electron chi connectivity index (χ4n) is 7.27. The fourth-order valence-corrected chi connectivity index (χ4v) is 7.27. The third-order valence-corrected chi connectivity index (χ3v) is 9.10. The van der Waals surface area contributed by atoms with Crippen LogP contribution < -0.4 is 0 Å². The number of rotatable bonds is 3. The average Bonchev–Trinajstić information content (AvgIpc) is 3.74. The molecule has 0 amide bonds. The van der Waals surface area contributed by atoms with Crippen molar-refractivity contribution in [1.82, 2.24) is 23.7 Å². The van der Waals surface area contributed by atoms with Crippen molar-refractivity contribution in [1.29, 1.82) is 0 Å². The smallest absolute Gasteiger partial charge is 0.117 e. The zero-order chi connectivity index (χ0) is 29.5. The first kappa shape index (κ1) is 24.3. The zero-order valence-electron chi connectivity index (χ0n) is 24.2. The van der Waals surface area contributed by atoms with Crippen LogP contribution in [0.2, 0.25) is 0 Å². The maximum absolute atomic E-state index is 5.10. The van der Waals surface area contributed by atoms with Crippen LogP contribution in [0.3, 0.4) is 0 Å². The van der Waals surface area contributed by atoms with E-state index in [-0.39, 0.29) is 0 Å². The molecular weight excluding hydrogens is 550 g/mol. The number of hydrogen-bond donors (Lipinski definition) is 0. The Hall–Kier alpha value is -6.20. The molecule has 0 fully saturated rings. The molecule has 0 saturated carbocycles. The molecule has 0 aliphatic heterocycles. The summed E-state index contributed by atoms with van der Waals surface area (Å²) in [4.78, 5) is 9.97. The lowest BCUT2D eigenvalue weighted by Gasteiger charge is -2.12. The number of para-hydroxylation sites is 4. The summed E-state index contributed by atoms with van der Waals surface area (Å²) in [6.45, 7) is 0. The van der Waals surface area contributed by atoms with E-state index in [1.807, 2.05) is 18.5 Å². The molecule has 0 radical (unpaired) electrons. The summed E-state index contributed by atoms with van der Waals surface area (Å²) in [6.07, 6.45) is 3.88. The quantitative estimate of drug-likeness (QED) is 0.210. The molecule has 0 N–H and O–H groups in total. The second-order valence-corrected chi connectivity index (χ2v) is 11.5. The highest BCUT2D eigenvalue weighted by Crippen LogP contribution is 2.41. The van der Waals surface area contributed by atoms with E-state index in [1.54, 1.807) is 0 Å². The summed E-state index contributed by atoms with van der Waals surface area (Å²) in [6, 6.07) is 49.5. The topological polar surface area (TPSA) is 40.6 Å². The summed E-state index contributed by atoms with van der Waals surface area (Å²) < 4.78 is 7.10. The van der Waals surface area contributed by atoms with Crippen LogP contribution in [0.25, 0.3) is 82.7 Å². The normalized spacial score (nSPS) is 12.0. The zero-order valence-corrected chi connectivity index (χ0v) is 24.2. The highest BCUT2D eigenvalue weighted by Gasteiger charge is 2.23. The SMILES string of the molecule is c1ccc(-n2c3ccccc3c3cc(-n4c5cccnc5c5ncc6c7ccccc7n(-c7ccccc7)c6c54)ccc32)cc1. The van der Waals surface area contributed by atoms with Crippen molar-refractivity contribution in [2.45, 2.75) is 0 Å². The van der Waals surface area contributed by atoms with Gasteiger partial charge in [-0.25, -0.2) is 0 Å². The molecule has 0 aliphatic rings. The Morgan fingerprint density at radius 1 is 0.356 bits per heavy atom. The molecule has 10 aromatic rings. The minimum atomic E-state index is 0.893. The molecule has 45 heavy (non-hydrogen) atoms. The van der Waals surface area contributed by atoms with Crippen LogP contribution in [0.5, 0.6) is 0 Å². The Kier molecular flexibility index (Phi) is 4.93. The van der Waals surface area contributed by atoms with E-state index in [0.29, 0.717) is 0 Å². The number of hydrogen-bond acceptors (Lipinski definition) is 2. The van der Waals surface area contributed by atoms with Crippen LogP contribution in [-0.4, -0.2) is 23.7 Å². The summed E-state index contributed by atoms with van der Waals surface area (Å²) in [7, 11) is 0. The molecule has 0 saturated heterocycles. The van der Waals surface area contributed by atoms with Crippen LogP contribution in [0.4, 0.5) is 0 Å². The van der Waals surface area contributed by atoms with Gasteiger partial charge in [-0.05, 0) is 66.7 Å². The molecule has 210 valence electrons. The fraction of sp³-hybridized carbons (Fsp3) is 0. The van der Waals surface area contributed by atoms with Crippen molar-refractivity contribution in [3.05, 3.63) is 152 Å². The van der Waals surface area contributed by atoms with Crippen LogP contribution in [-0.2, 0) is 0 Å². The maximum Gasteiger partial charge on any atom is 0.117 e. The largest absolute Gasteiger partial charge is 0.309 e. The second-order valence-electron chi connectivity index (χ2n) is 11.5. The number of pyridine rings is 2. The standard InChI is InChI=1S/C40H25N5/c1-3-12-26(13-4-1)43-33-18-9-7-16-29(33)31-24-28(21-22-35(31)43)45-36-20-11-23-41-37(36)38-40(45)39-32(25-42-38)30-17-8-10-19-34(30)44(39)27-14-5-2-6-15-27/h1-25H. The molecule has 5 heterocycles. The Bertz CT molecular complexity index is 2750. The first-order valence-corrected chi connectivity index (χ1v) is 15.2. The molecule has 0 unspecified atom stereocenters. The van der Waals surface area contributed by atoms with Gasteiger partial charge in [0, 0.05) is 51.0 Å². The van der Waals surface area contributed by atoms with Gasteiger partial charge in [0.05, 0.1) is 33.1 Å². The number of nitrogens with zero attached hydrogens (tertiary/aromatic N) is 5. The molecule has 5 aromatic heterocycles. The Labute approximate surface area is 257 Å². The monoisotopic (exact) mass is 575 g/mol. The van der Waals surface area contributed by atoms with Crippen LogP contribution in [0.1, 0.15) is 0 Å². The molecule has 0 bridgehead atoms. The lowest BCUT2D eigenvalue weighted by atomic mass is 10.1. The summed E-state index contributed by atoms with van der Waals surface area (Å²) in [5, 5.41) is 4.72. The molecule has 10 rings (SSSR count). The van der Waals surface area contributed by atoms with Gasteiger partial charge >= 0.3 is 0 Å². The van der Waals surface area contributed by atoms with Gasteiger partial charge in [-0.2, -0.15) is 0 Å².